The Morgan fingerprint density at radius 2 is 2.17 bits per heavy atom. The molecular formula is C12H16Cl2N2O2. The first-order valence-electron chi connectivity index (χ1n) is 5.59. The van der Waals surface area contributed by atoms with Crippen LogP contribution in [0.4, 0.5) is 0 Å². The zero-order chi connectivity index (χ0) is 13.5. The number of carbonyl (C=O) groups excluding carboxylic acids is 1. The maximum absolute atomic E-state index is 11.0. The van der Waals surface area contributed by atoms with Crippen molar-refractivity contribution in [2.45, 2.75) is 19.4 Å². The Kier molecular flexibility index (Phi) is 6.39. The van der Waals surface area contributed by atoms with Crippen molar-refractivity contribution < 1.29 is 9.53 Å². The molecule has 1 rings (SSSR count). The lowest BCUT2D eigenvalue weighted by Gasteiger charge is -2.16. The lowest BCUT2D eigenvalue weighted by Crippen LogP contribution is -2.21. The quantitative estimate of drug-likeness (QED) is 0.597. The number of carbonyl (C=O) groups is 1. The van der Waals surface area contributed by atoms with Crippen molar-refractivity contribution in [1.82, 2.24) is 9.88 Å². The molecule has 0 N–H and O–H groups in total. The molecule has 0 saturated carbocycles. The number of rotatable bonds is 6. The molecule has 0 aliphatic carbocycles. The fraction of sp³-hybridized carbons (Fsp3) is 0.500. The SMILES string of the molecule is COC(=O)CCCN(C)Cc1nc(Cl)ccc1Cl. The monoisotopic (exact) mass is 290 g/mol. The molecule has 0 saturated heterocycles. The van der Waals surface area contributed by atoms with Gasteiger partial charge in [-0.05, 0) is 32.1 Å². The molecule has 0 amide bonds. The normalized spacial score (nSPS) is 10.7. The van der Waals surface area contributed by atoms with Gasteiger partial charge in [0.2, 0.25) is 0 Å². The highest BCUT2D eigenvalue weighted by molar-refractivity contribution is 6.32. The van der Waals surface area contributed by atoms with E-state index in [1.54, 1.807) is 12.1 Å². The van der Waals surface area contributed by atoms with Gasteiger partial charge in [0.25, 0.3) is 0 Å². The number of ether oxygens (including phenoxy) is 1. The van der Waals surface area contributed by atoms with Crippen LogP contribution in [0.3, 0.4) is 0 Å². The van der Waals surface area contributed by atoms with Crippen LogP contribution in [0, 0.1) is 0 Å². The van der Waals surface area contributed by atoms with Crippen LogP contribution >= 0.6 is 23.2 Å². The molecule has 0 bridgehead atoms. The molecule has 0 spiro atoms. The second-order valence-electron chi connectivity index (χ2n) is 3.98. The Bertz CT molecular complexity index is 413. The number of hydrogen-bond donors (Lipinski definition) is 0. The Balaban J connectivity index is 2.42. The van der Waals surface area contributed by atoms with E-state index in [0.29, 0.717) is 23.1 Å². The van der Waals surface area contributed by atoms with Gasteiger partial charge in [0, 0.05) is 13.0 Å². The topological polar surface area (TPSA) is 42.4 Å². The predicted octanol–water partition coefficient (Wildman–Crippen LogP) is 2.77. The molecule has 0 aromatic carbocycles. The van der Waals surface area contributed by atoms with E-state index in [4.69, 9.17) is 23.2 Å². The van der Waals surface area contributed by atoms with Crippen LogP contribution < -0.4 is 0 Å². The number of methoxy groups -OCH3 is 1. The van der Waals surface area contributed by atoms with Crippen LogP contribution in [0.25, 0.3) is 0 Å². The minimum Gasteiger partial charge on any atom is -0.469 e. The molecule has 0 aliphatic heterocycles. The molecule has 0 aliphatic rings. The highest BCUT2D eigenvalue weighted by Gasteiger charge is 2.08. The summed E-state index contributed by atoms with van der Waals surface area (Å²) in [7, 11) is 3.33. The molecular weight excluding hydrogens is 275 g/mol. The van der Waals surface area contributed by atoms with Crippen molar-refractivity contribution in [3.8, 4) is 0 Å². The number of hydrogen-bond acceptors (Lipinski definition) is 4. The number of pyridine rings is 1. The van der Waals surface area contributed by atoms with E-state index in [0.717, 1.165) is 18.7 Å². The summed E-state index contributed by atoms with van der Waals surface area (Å²) in [6.07, 6.45) is 1.15. The molecule has 18 heavy (non-hydrogen) atoms. The summed E-state index contributed by atoms with van der Waals surface area (Å²) in [6.45, 7) is 1.36. The highest BCUT2D eigenvalue weighted by Crippen LogP contribution is 2.18. The zero-order valence-electron chi connectivity index (χ0n) is 10.4. The van der Waals surface area contributed by atoms with Gasteiger partial charge in [-0.1, -0.05) is 23.2 Å². The molecule has 4 nitrogen and oxygen atoms in total. The Morgan fingerprint density at radius 1 is 1.44 bits per heavy atom. The van der Waals surface area contributed by atoms with Gasteiger partial charge in [0.05, 0.1) is 17.8 Å². The maximum Gasteiger partial charge on any atom is 0.305 e. The van der Waals surface area contributed by atoms with E-state index in [1.807, 2.05) is 11.9 Å². The van der Waals surface area contributed by atoms with Gasteiger partial charge in [-0.3, -0.25) is 4.79 Å². The molecule has 6 heteroatoms. The lowest BCUT2D eigenvalue weighted by atomic mass is 10.3. The van der Waals surface area contributed by atoms with Gasteiger partial charge >= 0.3 is 5.97 Å². The van der Waals surface area contributed by atoms with Crippen molar-refractivity contribution >= 4 is 29.2 Å². The summed E-state index contributed by atoms with van der Waals surface area (Å²) in [4.78, 5) is 17.2. The standard InChI is InChI=1S/C12H16Cl2N2O2/c1-16(7-3-4-12(17)18-2)8-10-9(13)5-6-11(14)15-10/h5-6H,3-4,7-8H2,1-2H3. The van der Waals surface area contributed by atoms with Gasteiger partial charge in [0.1, 0.15) is 5.15 Å². The maximum atomic E-state index is 11.0. The van der Waals surface area contributed by atoms with E-state index >= 15 is 0 Å². The second kappa shape index (κ2) is 7.56. The van der Waals surface area contributed by atoms with Gasteiger partial charge in [-0.15, -0.1) is 0 Å². The predicted molar refractivity (Wildman–Crippen MR) is 71.8 cm³/mol. The minimum absolute atomic E-state index is 0.192. The van der Waals surface area contributed by atoms with Gasteiger partial charge in [0.15, 0.2) is 0 Å². The summed E-state index contributed by atoms with van der Waals surface area (Å²) in [6, 6.07) is 3.39. The van der Waals surface area contributed by atoms with Crippen LogP contribution in [0.1, 0.15) is 18.5 Å². The molecule has 0 unspecified atom stereocenters. The van der Waals surface area contributed by atoms with Crippen LogP contribution in [0.2, 0.25) is 10.2 Å². The summed E-state index contributed by atoms with van der Waals surface area (Å²) >= 11 is 11.8. The van der Waals surface area contributed by atoms with Crippen molar-refractivity contribution in [3.05, 3.63) is 28.0 Å². The van der Waals surface area contributed by atoms with E-state index < -0.39 is 0 Å². The Labute approximate surface area is 117 Å². The molecule has 0 atom stereocenters. The number of aromatic nitrogens is 1. The molecule has 0 fully saturated rings. The molecule has 100 valence electrons. The molecule has 1 aromatic heterocycles. The van der Waals surface area contributed by atoms with Crippen LogP contribution in [0.5, 0.6) is 0 Å². The number of esters is 1. The van der Waals surface area contributed by atoms with Gasteiger partial charge in [-0.25, -0.2) is 4.98 Å². The average Bonchev–Trinajstić information content (AvgIpc) is 2.33. The minimum atomic E-state index is -0.192. The third-order valence-corrected chi connectivity index (χ3v) is 3.01. The van der Waals surface area contributed by atoms with E-state index in [1.165, 1.54) is 7.11 Å². The first-order chi connectivity index (χ1) is 8.52. The Morgan fingerprint density at radius 3 is 2.83 bits per heavy atom. The van der Waals surface area contributed by atoms with Crippen LogP contribution in [-0.4, -0.2) is 36.6 Å². The van der Waals surface area contributed by atoms with E-state index in [-0.39, 0.29) is 5.97 Å². The van der Waals surface area contributed by atoms with Crippen molar-refractivity contribution in [2.24, 2.45) is 0 Å². The first-order valence-corrected chi connectivity index (χ1v) is 6.35. The van der Waals surface area contributed by atoms with Crippen LogP contribution in [-0.2, 0) is 16.1 Å². The Hall–Kier alpha value is -0.840. The smallest absolute Gasteiger partial charge is 0.305 e. The summed E-state index contributed by atoms with van der Waals surface area (Å²) < 4.78 is 4.58. The number of halogens is 2. The van der Waals surface area contributed by atoms with E-state index in [2.05, 4.69) is 9.72 Å². The average molecular weight is 291 g/mol. The molecule has 0 radical (unpaired) electrons. The van der Waals surface area contributed by atoms with Crippen LogP contribution in [0.15, 0.2) is 12.1 Å². The summed E-state index contributed by atoms with van der Waals surface area (Å²) in [5, 5.41) is 1.02. The van der Waals surface area contributed by atoms with Gasteiger partial charge in [-0.2, -0.15) is 0 Å². The van der Waals surface area contributed by atoms with Crippen molar-refractivity contribution in [1.29, 1.82) is 0 Å². The zero-order valence-corrected chi connectivity index (χ0v) is 12.0. The van der Waals surface area contributed by atoms with Gasteiger partial charge < -0.3 is 9.64 Å². The summed E-state index contributed by atoms with van der Waals surface area (Å²) in [5.41, 5.74) is 0.740. The van der Waals surface area contributed by atoms with Crippen molar-refractivity contribution in [3.63, 3.8) is 0 Å². The lowest BCUT2D eigenvalue weighted by molar-refractivity contribution is -0.140. The third kappa shape index (κ3) is 5.21. The molecule has 1 heterocycles. The fourth-order valence-corrected chi connectivity index (χ4v) is 1.83. The van der Waals surface area contributed by atoms with Crippen molar-refractivity contribution in [2.75, 3.05) is 20.7 Å². The largest absolute Gasteiger partial charge is 0.469 e. The second-order valence-corrected chi connectivity index (χ2v) is 4.77. The first kappa shape index (κ1) is 15.2. The van der Waals surface area contributed by atoms with E-state index in [9.17, 15) is 4.79 Å². The molecule has 1 aromatic rings. The number of nitrogens with zero attached hydrogens (tertiary/aromatic N) is 2. The highest BCUT2D eigenvalue weighted by atomic mass is 35.5. The third-order valence-electron chi connectivity index (χ3n) is 2.45. The summed E-state index contributed by atoms with van der Waals surface area (Å²) in [5.74, 6) is -0.192. The fourth-order valence-electron chi connectivity index (χ4n) is 1.50.